The highest BCUT2D eigenvalue weighted by atomic mass is 16.2. The summed E-state index contributed by atoms with van der Waals surface area (Å²) in [6.07, 6.45) is 8.40. The minimum atomic E-state index is -0.580. The van der Waals surface area contributed by atoms with Crippen molar-refractivity contribution in [3.8, 4) is 12.3 Å². The molecule has 3 aliphatic rings. The number of benzene rings is 1. The predicted octanol–water partition coefficient (Wildman–Crippen LogP) is 0.635. The Morgan fingerprint density at radius 1 is 1.17 bits per heavy atom. The van der Waals surface area contributed by atoms with Crippen molar-refractivity contribution in [2.75, 3.05) is 19.6 Å². The third-order valence-electron chi connectivity index (χ3n) is 6.09. The average molecular weight is 394 g/mol. The summed E-state index contributed by atoms with van der Waals surface area (Å²) in [6, 6.07) is 5.78. The van der Waals surface area contributed by atoms with E-state index < -0.39 is 6.04 Å². The third kappa shape index (κ3) is 4.04. The van der Waals surface area contributed by atoms with Crippen LogP contribution in [0.4, 0.5) is 0 Å². The minimum absolute atomic E-state index is 0.139. The van der Waals surface area contributed by atoms with E-state index in [0.717, 1.165) is 43.6 Å². The Bertz CT molecular complexity index is 869. The largest absolute Gasteiger partial charge is 0.322 e. The van der Waals surface area contributed by atoms with E-state index in [2.05, 4.69) is 27.5 Å². The van der Waals surface area contributed by atoms with E-state index in [1.807, 2.05) is 12.1 Å². The van der Waals surface area contributed by atoms with Gasteiger partial charge < -0.3 is 10.2 Å². The van der Waals surface area contributed by atoms with Gasteiger partial charge in [0.05, 0.1) is 6.54 Å². The second kappa shape index (κ2) is 8.36. The van der Waals surface area contributed by atoms with Crippen LogP contribution in [-0.4, -0.2) is 59.2 Å². The molecule has 3 heterocycles. The van der Waals surface area contributed by atoms with Gasteiger partial charge in [0.2, 0.25) is 11.8 Å². The zero-order valence-corrected chi connectivity index (χ0v) is 16.4. The van der Waals surface area contributed by atoms with Crippen LogP contribution in [0.5, 0.6) is 0 Å². The number of hydrogen-bond acceptors (Lipinski definition) is 5. The first-order chi connectivity index (χ1) is 14.1. The number of carbonyl (C=O) groups is 3. The van der Waals surface area contributed by atoms with Gasteiger partial charge in [-0.05, 0) is 49.5 Å². The molecular formula is C22H26N4O3. The summed E-state index contributed by atoms with van der Waals surface area (Å²) in [7, 11) is 0. The molecule has 1 unspecified atom stereocenters. The van der Waals surface area contributed by atoms with Gasteiger partial charge in [0, 0.05) is 31.1 Å². The first-order valence-corrected chi connectivity index (χ1v) is 10.2. The molecule has 0 radical (unpaired) electrons. The molecular weight excluding hydrogens is 368 g/mol. The fraction of sp³-hybridized carbons (Fsp3) is 0.500. The standard InChI is InChI=1S/C22H26N4O3/c1-2-11-25(17-7-9-23-10-8-17)13-15-3-4-18-16(12-15)14-26(22(18)29)19-5-6-20(27)24-21(19)28/h1,3-4,12,17,19,23H,5-11,13-14H2,(H,24,27,28). The third-order valence-corrected chi connectivity index (χ3v) is 6.09. The number of carbonyl (C=O) groups excluding carboxylic acids is 3. The van der Waals surface area contributed by atoms with Crippen LogP contribution < -0.4 is 10.6 Å². The van der Waals surface area contributed by atoms with E-state index in [1.165, 1.54) is 0 Å². The summed E-state index contributed by atoms with van der Waals surface area (Å²) >= 11 is 0. The van der Waals surface area contributed by atoms with Crippen LogP contribution in [0.15, 0.2) is 18.2 Å². The Labute approximate surface area is 170 Å². The molecule has 2 N–H and O–H groups in total. The molecule has 0 aliphatic carbocycles. The number of imide groups is 1. The van der Waals surface area contributed by atoms with Crippen molar-refractivity contribution >= 4 is 17.7 Å². The van der Waals surface area contributed by atoms with Gasteiger partial charge in [0.25, 0.3) is 5.91 Å². The Kier molecular flexibility index (Phi) is 5.65. The van der Waals surface area contributed by atoms with Crippen molar-refractivity contribution < 1.29 is 14.4 Å². The highest BCUT2D eigenvalue weighted by molar-refractivity contribution is 6.05. The Balaban J connectivity index is 1.48. The first kappa shape index (κ1) is 19.6. The van der Waals surface area contributed by atoms with Gasteiger partial charge in [-0.3, -0.25) is 24.6 Å². The lowest BCUT2D eigenvalue weighted by Crippen LogP contribution is -2.52. The lowest BCUT2D eigenvalue weighted by Gasteiger charge is -2.33. The number of nitrogens with one attached hydrogen (secondary N) is 2. The SMILES string of the molecule is C#CCN(Cc1ccc2c(c1)CN(C1CCC(=O)NC1=O)C2=O)C1CCNCC1. The molecule has 4 rings (SSSR count). The average Bonchev–Trinajstić information content (AvgIpc) is 3.04. The van der Waals surface area contributed by atoms with E-state index in [4.69, 9.17) is 6.42 Å². The number of hydrogen-bond donors (Lipinski definition) is 2. The topological polar surface area (TPSA) is 81.8 Å². The molecule has 1 atom stereocenters. The van der Waals surface area contributed by atoms with Crippen molar-refractivity contribution in [2.24, 2.45) is 0 Å². The molecule has 0 saturated carbocycles. The summed E-state index contributed by atoms with van der Waals surface area (Å²) in [5.74, 6) is 1.98. The van der Waals surface area contributed by atoms with E-state index in [0.29, 0.717) is 31.1 Å². The maximum atomic E-state index is 12.8. The fourth-order valence-corrected chi connectivity index (χ4v) is 4.56. The minimum Gasteiger partial charge on any atom is -0.322 e. The molecule has 1 aromatic rings. The van der Waals surface area contributed by atoms with Crippen molar-refractivity contribution in [1.82, 2.24) is 20.4 Å². The number of nitrogens with zero attached hydrogens (tertiary/aromatic N) is 2. The molecule has 7 nitrogen and oxygen atoms in total. The van der Waals surface area contributed by atoms with Crippen LogP contribution in [0, 0.1) is 12.3 Å². The van der Waals surface area contributed by atoms with E-state index in [9.17, 15) is 14.4 Å². The molecule has 29 heavy (non-hydrogen) atoms. The normalized spacial score (nSPS) is 22.6. The molecule has 1 aromatic carbocycles. The highest BCUT2D eigenvalue weighted by Gasteiger charge is 2.39. The zero-order chi connectivity index (χ0) is 20.4. The molecule has 0 spiro atoms. The first-order valence-electron chi connectivity index (χ1n) is 10.2. The van der Waals surface area contributed by atoms with Crippen molar-refractivity contribution in [3.05, 3.63) is 34.9 Å². The van der Waals surface area contributed by atoms with Crippen LogP contribution >= 0.6 is 0 Å². The Hall–Kier alpha value is -2.69. The van der Waals surface area contributed by atoms with Crippen LogP contribution in [0.2, 0.25) is 0 Å². The number of rotatable bonds is 5. The Morgan fingerprint density at radius 3 is 2.69 bits per heavy atom. The summed E-state index contributed by atoms with van der Waals surface area (Å²) in [5.41, 5.74) is 2.70. The summed E-state index contributed by atoms with van der Waals surface area (Å²) in [5, 5.41) is 5.72. The zero-order valence-electron chi connectivity index (χ0n) is 16.4. The van der Waals surface area contributed by atoms with Crippen LogP contribution in [0.25, 0.3) is 0 Å². The number of piperidine rings is 2. The molecule has 3 aliphatic heterocycles. The molecule has 3 amide bonds. The summed E-state index contributed by atoms with van der Waals surface area (Å²) in [4.78, 5) is 40.3. The second-order valence-corrected chi connectivity index (χ2v) is 7.98. The van der Waals surface area contributed by atoms with Gasteiger partial charge in [-0.1, -0.05) is 18.1 Å². The van der Waals surface area contributed by atoms with Crippen LogP contribution in [0.3, 0.4) is 0 Å². The van der Waals surface area contributed by atoms with Gasteiger partial charge in [-0.15, -0.1) is 6.42 Å². The van der Waals surface area contributed by atoms with E-state index in [1.54, 1.807) is 4.90 Å². The monoisotopic (exact) mass is 394 g/mol. The lowest BCUT2D eigenvalue weighted by molar-refractivity contribution is -0.136. The van der Waals surface area contributed by atoms with Crippen molar-refractivity contribution in [3.63, 3.8) is 0 Å². The van der Waals surface area contributed by atoms with Crippen molar-refractivity contribution in [2.45, 2.75) is 50.9 Å². The highest BCUT2D eigenvalue weighted by Crippen LogP contribution is 2.29. The summed E-state index contributed by atoms with van der Waals surface area (Å²) in [6.45, 7) is 3.76. The van der Waals surface area contributed by atoms with Crippen molar-refractivity contribution in [1.29, 1.82) is 0 Å². The van der Waals surface area contributed by atoms with Gasteiger partial charge in [-0.25, -0.2) is 0 Å². The van der Waals surface area contributed by atoms with Crippen LogP contribution in [0.1, 0.15) is 47.2 Å². The maximum Gasteiger partial charge on any atom is 0.255 e. The number of amides is 3. The quantitative estimate of drug-likeness (QED) is 0.566. The van der Waals surface area contributed by atoms with Gasteiger partial charge in [0.1, 0.15) is 6.04 Å². The Morgan fingerprint density at radius 2 is 1.97 bits per heavy atom. The number of terminal acetylenes is 1. The predicted molar refractivity (Wildman–Crippen MR) is 108 cm³/mol. The van der Waals surface area contributed by atoms with Gasteiger partial charge >= 0.3 is 0 Å². The van der Waals surface area contributed by atoms with Gasteiger partial charge in [0.15, 0.2) is 0 Å². The van der Waals surface area contributed by atoms with E-state index in [-0.39, 0.29) is 24.1 Å². The van der Waals surface area contributed by atoms with Crippen LogP contribution in [-0.2, 0) is 22.7 Å². The van der Waals surface area contributed by atoms with Gasteiger partial charge in [-0.2, -0.15) is 0 Å². The smallest absolute Gasteiger partial charge is 0.255 e. The molecule has 0 bridgehead atoms. The van der Waals surface area contributed by atoms with E-state index >= 15 is 0 Å². The lowest BCUT2D eigenvalue weighted by atomic mass is 10.0. The maximum absolute atomic E-state index is 12.8. The molecule has 2 fully saturated rings. The number of fused-ring (bicyclic) bond motifs is 1. The molecule has 7 heteroatoms. The molecule has 0 aromatic heterocycles. The molecule has 152 valence electrons. The molecule has 2 saturated heterocycles. The summed E-state index contributed by atoms with van der Waals surface area (Å²) < 4.78 is 0. The fourth-order valence-electron chi connectivity index (χ4n) is 4.56. The second-order valence-electron chi connectivity index (χ2n) is 7.98.